The zero-order chi connectivity index (χ0) is 31.6. The van der Waals surface area contributed by atoms with Gasteiger partial charge in [-0.15, -0.1) is 0 Å². The van der Waals surface area contributed by atoms with Crippen LogP contribution < -0.4 is 23.4 Å². The van der Waals surface area contributed by atoms with E-state index < -0.39 is 20.2 Å². The summed E-state index contributed by atoms with van der Waals surface area (Å²) in [5, 5.41) is 3.94. The molecule has 2 aromatic carbocycles. The van der Waals surface area contributed by atoms with Crippen molar-refractivity contribution in [1.29, 1.82) is 0 Å². The number of aryl methyl sites for hydroxylation is 1. The van der Waals surface area contributed by atoms with Crippen LogP contribution in [0.1, 0.15) is 31.2 Å². The number of aromatic nitrogens is 1. The normalized spacial score (nSPS) is 15.1. The van der Waals surface area contributed by atoms with E-state index in [1.165, 1.54) is 0 Å². The van der Waals surface area contributed by atoms with Crippen LogP contribution in [0.15, 0.2) is 52.0 Å². The summed E-state index contributed by atoms with van der Waals surface area (Å²) in [5.74, 6) is 0.817. The zero-order valence-electron chi connectivity index (χ0n) is 24.3. The van der Waals surface area contributed by atoms with E-state index in [-0.39, 0.29) is 39.3 Å². The zero-order valence-corrected chi connectivity index (χ0v) is 29.3. The van der Waals surface area contributed by atoms with E-state index in [0.717, 1.165) is 57.8 Å². The molecule has 0 atom stereocenters. The molecule has 15 heteroatoms. The van der Waals surface area contributed by atoms with Crippen LogP contribution in [-0.2, 0) is 26.8 Å². The third-order valence-corrected chi connectivity index (χ3v) is 13.1. The van der Waals surface area contributed by atoms with Crippen LogP contribution in [0.25, 0.3) is 26.4 Å². The number of anilines is 1. The van der Waals surface area contributed by atoms with Crippen LogP contribution in [-0.4, -0.2) is 73.2 Å². The van der Waals surface area contributed by atoms with E-state index in [4.69, 9.17) is 9.47 Å². The van der Waals surface area contributed by atoms with Crippen LogP contribution in [0.3, 0.4) is 0 Å². The van der Waals surface area contributed by atoms with Crippen molar-refractivity contribution >= 4 is 94.4 Å². The van der Waals surface area contributed by atoms with Crippen LogP contribution in [0.4, 0.5) is 5.69 Å². The second kappa shape index (κ2) is 13.5. The average Bonchev–Trinajstić information content (AvgIpc) is 3.66. The molecule has 10 nitrogen and oxygen atoms in total. The maximum absolute atomic E-state index is 11.5. The molecule has 0 unspecified atom stereocenters. The van der Waals surface area contributed by atoms with Crippen LogP contribution in [0.5, 0.6) is 11.5 Å². The van der Waals surface area contributed by atoms with E-state index in [0.29, 0.717) is 18.8 Å². The van der Waals surface area contributed by atoms with Gasteiger partial charge in [-0.2, -0.15) is 0 Å². The van der Waals surface area contributed by atoms with Gasteiger partial charge in [0.25, 0.3) is 0 Å². The number of allylic oxidation sites excluding steroid dienone is 2. The molecule has 0 amide bonds. The van der Waals surface area contributed by atoms with E-state index >= 15 is 0 Å². The Morgan fingerprint density at radius 3 is 2.48 bits per heavy atom. The second-order valence-corrected chi connectivity index (χ2v) is 17.5. The fraction of sp³-hybridized carbons (Fsp3) is 0.345. The Morgan fingerprint density at radius 2 is 1.80 bits per heavy atom. The monoisotopic (exact) mass is 745 g/mol. The SMILES string of the molecule is CCC(=Cc1sc2cc(OC)c3ccsc3c2[n+]1CCCS(=O)(=O)O)C=C1[Se]c2ccc(OC)cc2N1CCCS(=O)(=O)O. The molecule has 0 radical (unpaired) electrons. The topological polar surface area (TPSA) is 134 Å². The first-order chi connectivity index (χ1) is 20.9. The van der Waals surface area contributed by atoms with Gasteiger partial charge in [0.05, 0.1) is 0 Å². The fourth-order valence-electron chi connectivity index (χ4n) is 5.09. The third kappa shape index (κ3) is 7.48. The summed E-state index contributed by atoms with van der Waals surface area (Å²) >= 11 is 3.15. The standard InChI is InChI=1S/C29H32N2O8S4Se/c1-4-19(16-27-30(10-5-13-42(32,33)34)22-17-20(38-2)7-8-25(22)44-27)15-26-31(11-6-14-43(35,36)37)28-24(41-26)18-23(39-3)21-9-12-40-29(21)28/h7-9,12,15-18H,4-6,10-11,13-14H2,1-3H3,(H-,32,33,34,35,36,37)/p+1. The molecule has 236 valence electrons. The van der Waals surface area contributed by atoms with Crippen molar-refractivity contribution in [2.75, 3.05) is 37.2 Å². The Labute approximate surface area is 271 Å². The number of thiophene rings is 1. The number of benzene rings is 2. The van der Waals surface area contributed by atoms with Crippen LogP contribution >= 0.6 is 22.7 Å². The summed E-state index contributed by atoms with van der Waals surface area (Å²) in [4.78, 5) is 2.11. The molecule has 3 heterocycles. The van der Waals surface area contributed by atoms with Crippen LogP contribution in [0.2, 0.25) is 0 Å². The number of ether oxygens (including phenoxy) is 2. The number of thiazole rings is 1. The predicted molar refractivity (Wildman–Crippen MR) is 178 cm³/mol. The second-order valence-electron chi connectivity index (χ2n) is 10.1. The van der Waals surface area contributed by atoms with Gasteiger partial charge in [-0.3, -0.25) is 0 Å². The summed E-state index contributed by atoms with van der Waals surface area (Å²) in [6.07, 6.45) is 5.49. The molecule has 0 fully saturated rings. The summed E-state index contributed by atoms with van der Waals surface area (Å²) in [5.41, 5.74) is 3.02. The summed E-state index contributed by atoms with van der Waals surface area (Å²) in [6, 6.07) is 9.94. The van der Waals surface area contributed by atoms with Crippen molar-refractivity contribution < 1.29 is 40.0 Å². The number of hydrogen-bond donors (Lipinski definition) is 2. The Balaban J connectivity index is 1.58. The number of methoxy groups -OCH3 is 2. The van der Waals surface area contributed by atoms with Gasteiger partial charge in [-0.1, -0.05) is 0 Å². The molecule has 1 aliphatic heterocycles. The minimum atomic E-state index is -4.10. The van der Waals surface area contributed by atoms with Gasteiger partial charge < -0.3 is 0 Å². The van der Waals surface area contributed by atoms with Crippen LogP contribution in [0, 0.1) is 0 Å². The molecule has 0 saturated heterocycles. The van der Waals surface area contributed by atoms with Gasteiger partial charge in [0.15, 0.2) is 0 Å². The molecule has 2 aromatic heterocycles. The first kappa shape index (κ1) is 32.9. The molecule has 0 aliphatic carbocycles. The summed E-state index contributed by atoms with van der Waals surface area (Å²) in [6.45, 7) is 2.88. The summed E-state index contributed by atoms with van der Waals surface area (Å²) < 4.78 is 82.2. The van der Waals surface area contributed by atoms with Crippen molar-refractivity contribution in [3.63, 3.8) is 0 Å². The molecule has 0 bridgehead atoms. The first-order valence-corrected chi connectivity index (χ1v) is 20.4. The molecule has 0 saturated carbocycles. The number of fused-ring (bicyclic) bond motifs is 4. The van der Waals surface area contributed by atoms with Gasteiger partial charge >= 0.3 is 273 Å². The minimum absolute atomic E-state index is 0.0456. The van der Waals surface area contributed by atoms with Gasteiger partial charge in [0.1, 0.15) is 0 Å². The van der Waals surface area contributed by atoms with Gasteiger partial charge in [-0.05, 0) is 0 Å². The Bertz CT molecular complexity index is 1980. The average molecular weight is 745 g/mol. The Hall–Kier alpha value is -2.49. The van der Waals surface area contributed by atoms with Gasteiger partial charge in [0, 0.05) is 0 Å². The molecular weight excluding hydrogens is 712 g/mol. The number of hydrogen-bond acceptors (Lipinski definition) is 9. The predicted octanol–water partition coefficient (Wildman–Crippen LogP) is 4.46. The van der Waals surface area contributed by atoms with Crippen molar-refractivity contribution in [2.24, 2.45) is 0 Å². The molecule has 5 rings (SSSR count). The van der Waals surface area contributed by atoms with Gasteiger partial charge in [0.2, 0.25) is 0 Å². The molecule has 44 heavy (non-hydrogen) atoms. The van der Waals surface area contributed by atoms with E-state index in [2.05, 4.69) is 28.5 Å². The number of nitrogens with zero attached hydrogens (tertiary/aromatic N) is 2. The van der Waals surface area contributed by atoms with Crippen molar-refractivity contribution in [2.45, 2.75) is 32.7 Å². The van der Waals surface area contributed by atoms with Crippen molar-refractivity contribution in [3.8, 4) is 11.5 Å². The molecule has 1 aliphatic rings. The number of rotatable bonds is 13. The first-order valence-electron chi connectivity index (χ1n) is 13.8. The van der Waals surface area contributed by atoms with Crippen molar-refractivity contribution in [3.05, 3.63) is 57.0 Å². The maximum atomic E-state index is 11.5. The van der Waals surface area contributed by atoms with Gasteiger partial charge in [-0.25, -0.2) is 0 Å². The summed E-state index contributed by atoms with van der Waals surface area (Å²) in [7, 11) is -4.93. The third-order valence-electron chi connectivity index (χ3n) is 7.14. The molecule has 0 spiro atoms. The quantitative estimate of drug-likeness (QED) is 0.116. The molecular formula is C29H33N2O8S4Se+. The Kier molecular flexibility index (Phi) is 10.1. The fourth-order valence-corrected chi connectivity index (χ4v) is 10.7. The molecule has 4 aromatic rings. The Morgan fingerprint density at radius 1 is 1.05 bits per heavy atom. The molecule has 2 N–H and O–H groups in total. The van der Waals surface area contributed by atoms with E-state index in [1.54, 1.807) is 36.9 Å². The van der Waals surface area contributed by atoms with Crippen molar-refractivity contribution in [1.82, 2.24) is 0 Å². The van der Waals surface area contributed by atoms with E-state index in [1.807, 2.05) is 35.7 Å². The van der Waals surface area contributed by atoms with E-state index in [9.17, 15) is 25.9 Å².